The lowest BCUT2D eigenvalue weighted by molar-refractivity contribution is -0.140. The van der Waals surface area contributed by atoms with Gasteiger partial charge in [-0.05, 0) is 46.6 Å². The van der Waals surface area contributed by atoms with Crippen molar-refractivity contribution in [3.63, 3.8) is 0 Å². The molecule has 0 aliphatic carbocycles. The topological polar surface area (TPSA) is 70.8 Å². The van der Waals surface area contributed by atoms with Crippen LogP contribution >= 0.6 is 15.9 Å². The molecule has 2 aromatic carbocycles. The summed E-state index contributed by atoms with van der Waals surface area (Å²) in [6.45, 7) is 1.16. The molecule has 2 heterocycles. The number of anilines is 1. The van der Waals surface area contributed by atoms with E-state index in [1.165, 1.54) is 0 Å². The molecule has 0 spiro atoms. The molecule has 1 aliphatic rings. The number of hydrogen-bond acceptors (Lipinski definition) is 4. The van der Waals surface area contributed by atoms with E-state index in [0.29, 0.717) is 41.4 Å². The second kappa shape index (κ2) is 5.63. The molecule has 1 N–H and O–H groups in total. The summed E-state index contributed by atoms with van der Waals surface area (Å²) in [6.07, 6.45) is 0.626. The number of carbonyl (C=O) groups is 1. The van der Waals surface area contributed by atoms with Crippen LogP contribution in [0.15, 0.2) is 50.1 Å². The lowest BCUT2D eigenvalue weighted by Gasteiger charge is -2.18. The predicted molar refractivity (Wildman–Crippen MR) is 95.6 cm³/mol. The van der Waals surface area contributed by atoms with Crippen LogP contribution in [0, 0.1) is 5.92 Å². The monoisotopic (exact) mass is 387 g/mol. The highest BCUT2D eigenvalue weighted by atomic mass is 79.9. The minimum Gasteiger partial charge on any atom is -0.481 e. The van der Waals surface area contributed by atoms with E-state index in [9.17, 15) is 9.59 Å². The number of benzene rings is 2. The quantitative estimate of drug-likeness (QED) is 0.679. The molecule has 1 aromatic heterocycles. The van der Waals surface area contributed by atoms with Gasteiger partial charge in [0.05, 0.1) is 21.2 Å². The van der Waals surface area contributed by atoms with Gasteiger partial charge in [-0.25, -0.2) is 0 Å². The van der Waals surface area contributed by atoms with Crippen LogP contribution in [-0.4, -0.2) is 24.2 Å². The summed E-state index contributed by atoms with van der Waals surface area (Å²) in [6, 6.07) is 10.8. The van der Waals surface area contributed by atoms with Crippen molar-refractivity contribution in [2.75, 3.05) is 18.0 Å². The minimum atomic E-state index is -0.764. The summed E-state index contributed by atoms with van der Waals surface area (Å²) in [7, 11) is 0. The molecule has 0 amide bonds. The highest BCUT2D eigenvalue weighted by molar-refractivity contribution is 9.10. The molecule has 1 atom stereocenters. The Labute approximate surface area is 145 Å². The first kappa shape index (κ1) is 15.2. The van der Waals surface area contributed by atoms with Crippen molar-refractivity contribution in [3.05, 3.63) is 51.1 Å². The lowest BCUT2D eigenvalue weighted by atomic mass is 10.1. The zero-order valence-electron chi connectivity index (χ0n) is 12.7. The third-order valence-electron chi connectivity index (χ3n) is 4.54. The molecule has 1 unspecified atom stereocenters. The maximum absolute atomic E-state index is 12.6. The predicted octanol–water partition coefficient (Wildman–Crippen LogP) is 3.62. The summed E-state index contributed by atoms with van der Waals surface area (Å²) in [5.41, 5.74) is 1.84. The average molecular weight is 388 g/mol. The van der Waals surface area contributed by atoms with Gasteiger partial charge in [0.15, 0.2) is 5.58 Å². The van der Waals surface area contributed by atoms with E-state index in [1.54, 1.807) is 18.2 Å². The van der Waals surface area contributed by atoms with Gasteiger partial charge in [-0.15, -0.1) is 0 Å². The largest absolute Gasteiger partial charge is 0.481 e. The first-order valence-electron chi connectivity index (χ1n) is 7.67. The molecular formula is C18H14BrNO4. The van der Waals surface area contributed by atoms with Crippen molar-refractivity contribution >= 4 is 49.5 Å². The Morgan fingerprint density at radius 2 is 2.08 bits per heavy atom. The maximum Gasteiger partial charge on any atom is 0.308 e. The third-order valence-corrected chi connectivity index (χ3v) is 5.16. The molecule has 1 saturated heterocycles. The van der Waals surface area contributed by atoms with Crippen molar-refractivity contribution in [2.24, 2.45) is 5.92 Å². The second-order valence-electron chi connectivity index (χ2n) is 6.00. The summed E-state index contributed by atoms with van der Waals surface area (Å²) in [5, 5.41) is 10.2. The molecule has 0 radical (unpaired) electrons. The number of halogens is 1. The Morgan fingerprint density at radius 3 is 2.83 bits per heavy atom. The van der Waals surface area contributed by atoms with Gasteiger partial charge in [-0.2, -0.15) is 0 Å². The van der Waals surface area contributed by atoms with E-state index in [0.717, 1.165) is 10.2 Å². The summed E-state index contributed by atoms with van der Waals surface area (Å²) < 4.78 is 6.68. The van der Waals surface area contributed by atoms with Gasteiger partial charge in [0.1, 0.15) is 5.58 Å². The van der Waals surface area contributed by atoms with Crippen molar-refractivity contribution in [1.29, 1.82) is 0 Å². The number of carboxylic acid groups (broad SMARTS) is 1. The van der Waals surface area contributed by atoms with E-state index in [4.69, 9.17) is 9.52 Å². The van der Waals surface area contributed by atoms with Crippen LogP contribution in [0.5, 0.6) is 0 Å². The van der Waals surface area contributed by atoms with Gasteiger partial charge >= 0.3 is 5.97 Å². The SMILES string of the molecule is O=C(O)C1CCN(c2ccc3c(=O)c4cccc(Br)c4oc3c2)C1. The summed E-state index contributed by atoms with van der Waals surface area (Å²) in [5.74, 6) is -1.11. The summed E-state index contributed by atoms with van der Waals surface area (Å²) in [4.78, 5) is 25.8. The van der Waals surface area contributed by atoms with E-state index in [2.05, 4.69) is 15.9 Å². The van der Waals surface area contributed by atoms with Crippen molar-refractivity contribution in [3.8, 4) is 0 Å². The van der Waals surface area contributed by atoms with Gasteiger partial charge in [0.2, 0.25) is 5.43 Å². The highest BCUT2D eigenvalue weighted by Gasteiger charge is 2.28. The fourth-order valence-electron chi connectivity index (χ4n) is 3.22. The molecule has 4 rings (SSSR count). The van der Waals surface area contributed by atoms with Gasteiger partial charge in [-0.3, -0.25) is 9.59 Å². The number of hydrogen-bond donors (Lipinski definition) is 1. The molecule has 6 heteroatoms. The number of aliphatic carboxylic acids is 1. The standard InChI is InChI=1S/C18H14BrNO4/c19-14-3-1-2-13-16(21)12-5-4-11(8-15(12)24-17(13)14)20-7-6-10(9-20)18(22)23/h1-5,8,10H,6-7,9H2,(H,22,23). The maximum atomic E-state index is 12.6. The molecular weight excluding hydrogens is 374 g/mol. The second-order valence-corrected chi connectivity index (χ2v) is 6.85. The smallest absolute Gasteiger partial charge is 0.308 e. The number of nitrogens with zero attached hydrogens (tertiary/aromatic N) is 1. The zero-order chi connectivity index (χ0) is 16.8. The highest BCUT2D eigenvalue weighted by Crippen LogP contribution is 2.30. The fraction of sp³-hybridized carbons (Fsp3) is 0.222. The van der Waals surface area contributed by atoms with Crippen molar-refractivity contribution in [1.82, 2.24) is 0 Å². The van der Waals surface area contributed by atoms with Gasteiger partial charge in [0, 0.05) is 24.8 Å². The normalized spacial score (nSPS) is 17.7. The molecule has 0 bridgehead atoms. The molecule has 3 aromatic rings. The summed E-state index contributed by atoms with van der Waals surface area (Å²) >= 11 is 3.42. The van der Waals surface area contributed by atoms with Crippen molar-refractivity contribution in [2.45, 2.75) is 6.42 Å². The molecule has 122 valence electrons. The Hall–Kier alpha value is -2.34. The van der Waals surface area contributed by atoms with Crippen LogP contribution < -0.4 is 10.3 Å². The van der Waals surface area contributed by atoms with Crippen LogP contribution in [0.3, 0.4) is 0 Å². The van der Waals surface area contributed by atoms with Gasteiger partial charge < -0.3 is 14.4 Å². The Balaban J connectivity index is 1.84. The van der Waals surface area contributed by atoms with E-state index in [-0.39, 0.29) is 11.3 Å². The fourth-order valence-corrected chi connectivity index (χ4v) is 3.67. The van der Waals surface area contributed by atoms with E-state index < -0.39 is 5.97 Å². The zero-order valence-corrected chi connectivity index (χ0v) is 14.2. The molecule has 1 fully saturated rings. The van der Waals surface area contributed by atoms with Gasteiger partial charge in [0.25, 0.3) is 0 Å². The van der Waals surface area contributed by atoms with Crippen molar-refractivity contribution < 1.29 is 14.3 Å². The number of carboxylic acids is 1. The number of fused-ring (bicyclic) bond motifs is 2. The number of rotatable bonds is 2. The number of para-hydroxylation sites is 1. The van der Waals surface area contributed by atoms with Crippen LogP contribution in [-0.2, 0) is 4.79 Å². The lowest BCUT2D eigenvalue weighted by Crippen LogP contribution is -2.22. The first-order chi connectivity index (χ1) is 11.5. The molecule has 24 heavy (non-hydrogen) atoms. The first-order valence-corrected chi connectivity index (χ1v) is 8.47. The molecule has 1 aliphatic heterocycles. The van der Waals surface area contributed by atoms with E-state index >= 15 is 0 Å². The molecule has 5 nitrogen and oxygen atoms in total. The Bertz CT molecular complexity index is 1030. The van der Waals surface area contributed by atoms with Crippen LogP contribution in [0.1, 0.15) is 6.42 Å². The van der Waals surface area contributed by atoms with Crippen LogP contribution in [0.2, 0.25) is 0 Å². The Morgan fingerprint density at radius 1 is 1.25 bits per heavy atom. The Kier molecular flexibility index (Phi) is 3.57. The van der Waals surface area contributed by atoms with Crippen LogP contribution in [0.4, 0.5) is 5.69 Å². The van der Waals surface area contributed by atoms with Gasteiger partial charge in [-0.1, -0.05) is 6.07 Å². The molecule has 0 saturated carbocycles. The third kappa shape index (κ3) is 2.38. The van der Waals surface area contributed by atoms with E-state index in [1.807, 2.05) is 23.1 Å². The van der Waals surface area contributed by atoms with Crippen LogP contribution in [0.25, 0.3) is 21.9 Å². The minimum absolute atomic E-state index is 0.0658. The average Bonchev–Trinajstić information content (AvgIpc) is 3.06.